The number of carbonyl (C=O) groups excluding carboxylic acids is 1. The van der Waals surface area contributed by atoms with E-state index in [-0.39, 0.29) is 16.6 Å². The van der Waals surface area contributed by atoms with Crippen LogP contribution in [0.25, 0.3) is 5.53 Å². The molecule has 1 saturated carbocycles. The van der Waals surface area contributed by atoms with Crippen LogP contribution in [0, 0.1) is 10.8 Å². The molecular weight excluding hydrogens is 212 g/mol. The van der Waals surface area contributed by atoms with E-state index in [0.29, 0.717) is 12.8 Å². The highest BCUT2D eigenvalue weighted by Crippen LogP contribution is 2.56. The summed E-state index contributed by atoms with van der Waals surface area (Å²) < 4.78 is 0. The summed E-state index contributed by atoms with van der Waals surface area (Å²) in [7, 11) is 0. The maximum Gasteiger partial charge on any atom is 0.323 e. The second kappa shape index (κ2) is 4.97. The quantitative estimate of drug-likeness (QED) is 0.311. The van der Waals surface area contributed by atoms with Crippen LogP contribution in [0.15, 0.2) is 12.2 Å². The molecule has 0 spiro atoms. The van der Waals surface area contributed by atoms with Crippen LogP contribution in [0.1, 0.15) is 52.9 Å². The predicted octanol–water partition coefficient (Wildman–Crippen LogP) is 3.41. The van der Waals surface area contributed by atoms with Gasteiger partial charge in [0.2, 0.25) is 5.78 Å². The molecule has 0 amide bonds. The van der Waals surface area contributed by atoms with Crippen LogP contribution in [-0.2, 0) is 4.79 Å². The first kappa shape index (κ1) is 13.9. The average molecular weight is 234 g/mol. The molecule has 1 unspecified atom stereocenters. The van der Waals surface area contributed by atoms with E-state index in [1.807, 2.05) is 0 Å². The Kier molecular flexibility index (Phi) is 4.05. The van der Waals surface area contributed by atoms with Gasteiger partial charge in [-0.3, -0.25) is 4.79 Å². The number of hydrogen-bond acceptors (Lipinski definition) is 1. The molecule has 94 valence electrons. The summed E-state index contributed by atoms with van der Waals surface area (Å²) in [4.78, 5) is 14.0. The lowest BCUT2D eigenvalue weighted by Gasteiger charge is -2.40. The van der Waals surface area contributed by atoms with Crippen LogP contribution in [0.2, 0.25) is 0 Å². The van der Waals surface area contributed by atoms with E-state index < -0.39 is 0 Å². The summed E-state index contributed by atoms with van der Waals surface area (Å²) in [6.07, 6.45) is 5.64. The number of carbonyl (C=O) groups is 1. The van der Waals surface area contributed by atoms with Crippen molar-refractivity contribution >= 4 is 12.0 Å². The minimum Gasteiger partial charge on any atom is -0.361 e. The van der Waals surface area contributed by atoms with Gasteiger partial charge in [-0.2, -0.15) is 4.79 Å². The molecule has 1 aliphatic carbocycles. The van der Waals surface area contributed by atoms with Crippen molar-refractivity contribution in [2.24, 2.45) is 10.8 Å². The van der Waals surface area contributed by atoms with Gasteiger partial charge < -0.3 is 5.53 Å². The third kappa shape index (κ3) is 2.73. The maximum atomic E-state index is 11.3. The molecule has 3 heteroatoms. The highest BCUT2D eigenvalue weighted by molar-refractivity contribution is 6.25. The van der Waals surface area contributed by atoms with Gasteiger partial charge in [0.05, 0.1) is 0 Å². The SMILES string of the molecule is C=C(CCC(=O)C=[N+]=[N-])C1(C)CCCC1(C)C. The van der Waals surface area contributed by atoms with Crippen molar-refractivity contribution < 1.29 is 9.58 Å². The zero-order chi connectivity index (χ0) is 13.1. The fraction of sp³-hybridized carbons (Fsp3) is 0.714. The van der Waals surface area contributed by atoms with Crippen molar-refractivity contribution in [1.82, 2.24) is 0 Å². The average Bonchev–Trinajstić information content (AvgIpc) is 2.51. The van der Waals surface area contributed by atoms with Crippen LogP contribution in [-0.4, -0.2) is 16.8 Å². The van der Waals surface area contributed by atoms with E-state index in [1.54, 1.807) is 0 Å². The summed E-state index contributed by atoms with van der Waals surface area (Å²) in [5, 5.41) is 0. The van der Waals surface area contributed by atoms with Crippen LogP contribution in [0.5, 0.6) is 0 Å². The number of nitrogens with zero attached hydrogens (tertiary/aromatic N) is 2. The monoisotopic (exact) mass is 234 g/mol. The van der Waals surface area contributed by atoms with Gasteiger partial charge in [0, 0.05) is 6.42 Å². The summed E-state index contributed by atoms with van der Waals surface area (Å²) in [6, 6.07) is 0. The third-order valence-corrected chi connectivity index (χ3v) is 4.63. The Bertz CT molecular complexity index is 378. The van der Waals surface area contributed by atoms with Crippen molar-refractivity contribution in [2.45, 2.75) is 52.9 Å². The molecule has 0 aromatic carbocycles. The van der Waals surface area contributed by atoms with Crippen molar-refractivity contribution in [3.05, 3.63) is 17.7 Å². The molecule has 1 aliphatic rings. The van der Waals surface area contributed by atoms with E-state index >= 15 is 0 Å². The maximum absolute atomic E-state index is 11.3. The van der Waals surface area contributed by atoms with Gasteiger partial charge in [-0.25, -0.2) is 0 Å². The Morgan fingerprint density at radius 2 is 2.00 bits per heavy atom. The first-order chi connectivity index (χ1) is 7.83. The van der Waals surface area contributed by atoms with E-state index in [4.69, 9.17) is 5.53 Å². The number of ketones is 1. The molecule has 0 aromatic rings. The van der Waals surface area contributed by atoms with E-state index in [9.17, 15) is 4.79 Å². The molecule has 17 heavy (non-hydrogen) atoms. The first-order valence-corrected chi connectivity index (χ1v) is 6.22. The normalized spacial score (nSPS) is 26.3. The fourth-order valence-electron chi connectivity index (χ4n) is 2.83. The van der Waals surface area contributed by atoms with E-state index in [0.717, 1.165) is 18.2 Å². The standard InChI is InChI=1S/C14H22N2O/c1-11(6-7-12(17)10-16-15)14(4)9-5-8-13(14,2)3/h10H,1,5-9H2,2-4H3. The zero-order valence-corrected chi connectivity index (χ0v) is 11.1. The Labute approximate surface area is 104 Å². The smallest absolute Gasteiger partial charge is 0.323 e. The molecule has 1 fully saturated rings. The van der Waals surface area contributed by atoms with Gasteiger partial charge in [0.15, 0.2) is 0 Å². The Hall–Kier alpha value is -1.21. The minimum absolute atomic E-state index is 0.129. The number of Topliss-reactive ketones (excluding diaryl/α,β-unsaturated/α-hetero) is 1. The van der Waals surface area contributed by atoms with Crippen molar-refractivity contribution in [3.8, 4) is 0 Å². The highest BCUT2D eigenvalue weighted by atomic mass is 16.1. The summed E-state index contributed by atoms with van der Waals surface area (Å²) >= 11 is 0. The van der Waals surface area contributed by atoms with Crippen LogP contribution < -0.4 is 0 Å². The molecule has 1 atom stereocenters. The third-order valence-electron chi connectivity index (χ3n) is 4.63. The minimum atomic E-state index is -0.145. The molecule has 0 bridgehead atoms. The van der Waals surface area contributed by atoms with Gasteiger partial charge in [-0.1, -0.05) is 39.3 Å². The molecule has 0 saturated heterocycles. The molecular formula is C14H22N2O. The second-order valence-electron chi connectivity index (χ2n) is 5.88. The fourth-order valence-corrected chi connectivity index (χ4v) is 2.83. The zero-order valence-electron chi connectivity index (χ0n) is 11.1. The second-order valence-corrected chi connectivity index (χ2v) is 5.88. The Morgan fingerprint density at radius 1 is 1.35 bits per heavy atom. The molecule has 0 heterocycles. The Balaban J connectivity index is 2.64. The van der Waals surface area contributed by atoms with E-state index in [1.165, 1.54) is 12.8 Å². The van der Waals surface area contributed by atoms with Gasteiger partial charge in [0.1, 0.15) is 0 Å². The molecule has 0 radical (unpaired) electrons. The molecule has 3 nitrogen and oxygen atoms in total. The van der Waals surface area contributed by atoms with Crippen molar-refractivity contribution in [1.29, 1.82) is 0 Å². The van der Waals surface area contributed by atoms with Gasteiger partial charge >= 0.3 is 6.21 Å². The lowest BCUT2D eigenvalue weighted by Crippen LogP contribution is -2.31. The highest BCUT2D eigenvalue weighted by Gasteiger charge is 2.46. The van der Waals surface area contributed by atoms with Gasteiger partial charge in [-0.15, -0.1) is 0 Å². The predicted molar refractivity (Wildman–Crippen MR) is 68.8 cm³/mol. The Morgan fingerprint density at radius 3 is 2.47 bits per heavy atom. The summed E-state index contributed by atoms with van der Waals surface area (Å²) in [6.45, 7) is 11.0. The largest absolute Gasteiger partial charge is 0.361 e. The molecule has 0 N–H and O–H groups in total. The number of allylic oxidation sites excluding steroid dienone is 1. The number of rotatable bonds is 5. The molecule has 1 rings (SSSR count). The first-order valence-electron chi connectivity index (χ1n) is 6.22. The summed E-state index contributed by atoms with van der Waals surface area (Å²) in [5.74, 6) is -0.145. The van der Waals surface area contributed by atoms with Crippen LogP contribution >= 0.6 is 0 Å². The van der Waals surface area contributed by atoms with Gasteiger partial charge in [0.25, 0.3) is 0 Å². The molecule has 0 aliphatic heterocycles. The number of hydrogen-bond donors (Lipinski definition) is 0. The lowest BCUT2D eigenvalue weighted by molar-refractivity contribution is -0.116. The van der Waals surface area contributed by atoms with E-state index in [2.05, 4.69) is 32.1 Å². The lowest BCUT2D eigenvalue weighted by atomic mass is 9.64. The van der Waals surface area contributed by atoms with Crippen LogP contribution in [0.4, 0.5) is 0 Å². The topological polar surface area (TPSA) is 53.5 Å². The van der Waals surface area contributed by atoms with Crippen LogP contribution in [0.3, 0.4) is 0 Å². The van der Waals surface area contributed by atoms with Crippen molar-refractivity contribution in [3.63, 3.8) is 0 Å². The summed E-state index contributed by atoms with van der Waals surface area (Å²) in [5.41, 5.74) is 9.82. The van der Waals surface area contributed by atoms with Crippen molar-refractivity contribution in [2.75, 3.05) is 0 Å². The molecule has 0 aromatic heterocycles. The van der Waals surface area contributed by atoms with Gasteiger partial charge in [-0.05, 0) is 30.1 Å².